The van der Waals surface area contributed by atoms with Crippen molar-refractivity contribution in [3.8, 4) is 0 Å². The van der Waals surface area contributed by atoms with Gasteiger partial charge >= 0.3 is 0 Å². The smallest absolute Gasteiger partial charge is 0.177 e. The second-order valence-electron chi connectivity index (χ2n) is 3.33. The molecule has 1 aromatic rings. The maximum Gasteiger partial charge on any atom is 0.177 e. The Morgan fingerprint density at radius 3 is 2.47 bits per heavy atom. The molecule has 0 aliphatic heterocycles. The van der Waals surface area contributed by atoms with Crippen LogP contribution in [0.1, 0.15) is 17.3 Å². The largest absolute Gasteiger partial charge is 0.293 e. The van der Waals surface area contributed by atoms with Crippen LogP contribution in [0, 0.1) is 0 Å². The van der Waals surface area contributed by atoms with Crippen LogP contribution in [-0.2, 0) is 0 Å². The van der Waals surface area contributed by atoms with E-state index in [2.05, 4.69) is 6.58 Å². The maximum atomic E-state index is 11.2. The van der Waals surface area contributed by atoms with Crippen molar-refractivity contribution in [1.82, 2.24) is 0 Å². The van der Waals surface area contributed by atoms with Gasteiger partial charge in [0, 0.05) is 16.2 Å². The van der Waals surface area contributed by atoms with Gasteiger partial charge in [-0.15, -0.1) is 23.4 Å². The lowest BCUT2D eigenvalue weighted by Crippen LogP contribution is -1.99. The highest BCUT2D eigenvalue weighted by Crippen LogP contribution is 2.20. The number of hydrogen-bond acceptors (Lipinski definition) is 2. The molecule has 0 fully saturated rings. The first-order valence-electron chi connectivity index (χ1n) is 4.60. The van der Waals surface area contributed by atoms with Crippen molar-refractivity contribution in [3.05, 3.63) is 42.0 Å². The van der Waals surface area contributed by atoms with Gasteiger partial charge in [0.15, 0.2) is 5.78 Å². The molecule has 1 aromatic carbocycles. The molecule has 0 aliphatic rings. The van der Waals surface area contributed by atoms with Crippen LogP contribution in [-0.4, -0.2) is 17.4 Å². The Morgan fingerprint density at radius 2 is 2.00 bits per heavy atom. The summed E-state index contributed by atoms with van der Waals surface area (Å²) >= 11 is 7.18. The summed E-state index contributed by atoms with van der Waals surface area (Å²) in [6.07, 6.45) is 0. The molecule has 3 heteroatoms. The van der Waals surface area contributed by atoms with Gasteiger partial charge in [0.1, 0.15) is 0 Å². The number of halogens is 1. The molecule has 0 bridgehead atoms. The minimum atomic E-state index is -0.0342. The summed E-state index contributed by atoms with van der Waals surface area (Å²) in [7, 11) is 0. The lowest BCUT2D eigenvalue weighted by Gasteiger charge is -2.02. The third kappa shape index (κ3) is 4.10. The zero-order valence-electron chi connectivity index (χ0n) is 8.63. The second-order valence-corrected chi connectivity index (χ2v) is 4.64. The quantitative estimate of drug-likeness (QED) is 0.337. The lowest BCUT2D eigenvalue weighted by atomic mass is 10.1. The van der Waals surface area contributed by atoms with Crippen LogP contribution in [0.2, 0.25) is 0 Å². The van der Waals surface area contributed by atoms with Crippen molar-refractivity contribution < 1.29 is 4.79 Å². The van der Waals surface area contributed by atoms with Gasteiger partial charge in [0.05, 0.1) is 5.88 Å². The summed E-state index contributed by atoms with van der Waals surface area (Å²) in [6.45, 7) is 5.84. The summed E-state index contributed by atoms with van der Waals surface area (Å²) in [5.41, 5.74) is 1.81. The predicted octanol–water partition coefficient (Wildman–Crippen LogP) is 3.78. The normalized spacial score (nSPS) is 10.0. The number of hydrogen-bond donors (Lipinski definition) is 0. The minimum absolute atomic E-state index is 0.0342. The summed E-state index contributed by atoms with van der Waals surface area (Å²) < 4.78 is 0. The van der Waals surface area contributed by atoms with E-state index in [4.69, 9.17) is 11.6 Å². The molecule has 0 saturated heterocycles. The minimum Gasteiger partial charge on any atom is -0.293 e. The van der Waals surface area contributed by atoms with Crippen LogP contribution in [0.25, 0.3) is 0 Å². The van der Waals surface area contributed by atoms with Crippen molar-refractivity contribution in [2.45, 2.75) is 11.8 Å². The van der Waals surface area contributed by atoms with Gasteiger partial charge in [-0.25, -0.2) is 0 Å². The topological polar surface area (TPSA) is 17.1 Å². The van der Waals surface area contributed by atoms with E-state index in [1.165, 1.54) is 0 Å². The standard InChI is InChI=1S/C12H13ClOS/c1-9(2)8-15-11-5-3-10(4-6-11)12(14)7-13/h3-6H,1,7-8H2,2H3. The molecule has 0 spiro atoms. The zero-order chi connectivity index (χ0) is 11.3. The predicted molar refractivity (Wildman–Crippen MR) is 67.0 cm³/mol. The average Bonchev–Trinajstić information content (AvgIpc) is 2.26. The molecular formula is C12H13ClOS. The van der Waals surface area contributed by atoms with Gasteiger partial charge < -0.3 is 0 Å². The van der Waals surface area contributed by atoms with Gasteiger partial charge in [-0.1, -0.05) is 24.3 Å². The Balaban J connectivity index is 2.64. The Morgan fingerprint density at radius 1 is 1.40 bits per heavy atom. The van der Waals surface area contributed by atoms with Crippen LogP contribution in [0.4, 0.5) is 0 Å². The Kier molecular flexibility index (Phi) is 4.92. The number of carbonyl (C=O) groups is 1. The maximum absolute atomic E-state index is 11.2. The van der Waals surface area contributed by atoms with E-state index in [0.717, 1.165) is 16.2 Å². The van der Waals surface area contributed by atoms with Gasteiger partial charge in [0.2, 0.25) is 0 Å². The molecule has 1 nitrogen and oxygen atoms in total. The molecule has 0 aromatic heterocycles. The summed E-state index contributed by atoms with van der Waals surface area (Å²) in [5.74, 6) is 0.911. The molecule has 15 heavy (non-hydrogen) atoms. The van der Waals surface area contributed by atoms with Crippen LogP contribution in [0.3, 0.4) is 0 Å². The Labute approximate surface area is 99.5 Å². The van der Waals surface area contributed by atoms with Gasteiger partial charge in [-0.05, 0) is 19.1 Å². The van der Waals surface area contributed by atoms with E-state index >= 15 is 0 Å². The summed E-state index contributed by atoms with van der Waals surface area (Å²) in [5, 5.41) is 0. The van der Waals surface area contributed by atoms with E-state index in [0.29, 0.717) is 5.56 Å². The van der Waals surface area contributed by atoms with Gasteiger partial charge in [-0.2, -0.15) is 0 Å². The van der Waals surface area contributed by atoms with E-state index in [1.807, 2.05) is 31.2 Å². The van der Waals surface area contributed by atoms with Gasteiger partial charge in [-0.3, -0.25) is 4.79 Å². The Hall–Kier alpha value is -0.730. The third-order valence-corrected chi connectivity index (χ3v) is 3.27. The van der Waals surface area contributed by atoms with Gasteiger partial charge in [0.25, 0.3) is 0 Å². The molecule has 0 amide bonds. The lowest BCUT2D eigenvalue weighted by molar-refractivity contribution is 0.102. The van der Waals surface area contributed by atoms with Crippen molar-refractivity contribution >= 4 is 29.1 Å². The monoisotopic (exact) mass is 240 g/mol. The van der Waals surface area contributed by atoms with E-state index in [-0.39, 0.29) is 11.7 Å². The highest BCUT2D eigenvalue weighted by molar-refractivity contribution is 7.99. The summed E-state index contributed by atoms with van der Waals surface area (Å²) in [4.78, 5) is 12.4. The molecule has 0 N–H and O–H groups in total. The molecule has 0 radical (unpaired) electrons. The number of rotatable bonds is 5. The first-order chi connectivity index (χ1) is 7.13. The number of Topliss-reactive ketones (excluding diaryl/α,β-unsaturated/α-hetero) is 1. The molecule has 0 atom stereocenters. The molecule has 0 saturated carbocycles. The second kappa shape index (κ2) is 5.99. The third-order valence-electron chi connectivity index (χ3n) is 1.78. The van der Waals surface area contributed by atoms with Crippen LogP contribution in [0.15, 0.2) is 41.3 Å². The number of carbonyl (C=O) groups excluding carboxylic acids is 1. The van der Waals surface area contributed by atoms with Crippen LogP contribution >= 0.6 is 23.4 Å². The first kappa shape index (κ1) is 12.3. The number of thioether (sulfide) groups is 1. The molecule has 0 heterocycles. The average molecular weight is 241 g/mol. The first-order valence-corrected chi connectivity index (χ1v) is 6.12. The molecule has 1 rings (SSSR count). The van der Waals surface area contributed by atoms with Crippen molar-refractivity contribution in [3.63, 3.8) is 0 Å². The number of ketones is 1. The highest BCUT2D eigenvalue weighted by atomic mass is 35.5. The molecule has 80 valence electrons. The van der Waals surface area contributed by atoms with Crippen LogP contribution in [0.5, 0.6) is 0 Å². The fourth-order valence-corrected chi connectivity index (χ4v) is 1.92. The highest BCUT2D eigenvalue weighted by Gasteiger charge is 2.03. The number of benzene rings is 1. The fourth-order valence-electron chi connectivity index (χ4n) is 1.02. The van der Waals surface area contributed by atoms with Crippen LogP contribution < -0.4 is 0 Å². The van der Waals surface area contributed by atoms with E-state index in [1.54, 1.807) is 11.8 Å². The van der Waals surface area contributed by atoms with Crippen molar-refractivity contribution in [1.29, 1.82) is 0 Å². The molecular weight excluding hydrogens is 228 g/mol. The molecule has 0 unspecified atom stereocenters. The SMILES string of the molecule is C=C(C)CSc1ccc(C(=O)CCl)cc1. The fraction of sp³-hybridized carbons (Fsp3) is 0.250. The van der Waals surface area contributed by atoms with E-state index < -0.39 is 0 Å². The molecule has 0 aliphatic carbocycles. The van der Waals surface area contributed by atoms with E-state index in [9.17, 15) is 4.79 Å². The van der Waals surface area contributed by atoms with Crippen molar-refractivity contribution in [2.75, 3.05) is 11.6 Å². The Bertz CT molecular complexity index is 356. The zero-order valence-corrected chi connectivity index (χ0v) is 10.2. The summed E-state index contributed by atoms with van der Waals surface area (Å²) in [6, 6.07) is 7.50. The number of alkyl halides is 1. The van der Waals surface area contributed by atoms with Crippen molar-refractivity contribution in [2.24, 2.45) is 0 Å².